The van der Waals surface area contributed by atoms with E-state index in [4.69, 9.17) is 0 Å². The first-order valence-corrected chi connectivity index (χ1v) is 4.77. The zero-order valence-electron chi connectivity index (χ0n) is 8.73. The Bertz CT molecular complexity index is 288. The fourth-order valence-corrected chi connectivity index (χ4v) is 1.22. The van der Waals surface area contributed by atoms with Crippen molar-refractivity contribution in [2.75, 3.05) is 20.6 Å². The second-order valence-corrected chi connectivity index (χ2v) is 3.52. The van der Waals surface area contributed by atoms with Crippen LogP contribution < -0.4 is 0 Å². The molecule has 0 aliphatic heterocycles. The third kappa shape index (κ3) is 3.26. The molecule has 0 aromatic carbocycles. The van der Waals surface area contributed by atoms with E-state index in [1.54, 1.807) is 0 Å². The molecular weight excluding hydrogens is 176 g/mol. The number of allylic oxidation sites excluding steroid dienone is 3. The maximum absolute atomic E-state index is 10.7. The standard InChI is InChI=1S/C11H16N2O/c1-13(2)8-7-12-11-6-4-3-5-10(11)9-14/h5-7,9H,3-4,8H2,1-2H3/b12-7+. The monoisotopic (exact) mass is 192 g/mol. The van der Waals surface area contributed by atoms with Crippen molar-refractivity contribution >= 4 is 12.5 Å². The maximum Gasteiger partial charge on any atom is 0.151 e. The number of aliphatic imine (C=N–C) groups is 1. The highest BCUT2D eigenvalue weighted by Crippen LogP contribution is 2.17. The molecule has 3 heteroatoms. The second-order valence-electron chi connectivity index (χ2n) is 3.52. The molecule has 1 aliphatic carbocycles. The molecule has 0 radical (unpaired) electrons. The van der Waals surface area contributed by atoms with Gasteiger partial charge in [0.05, 0.1) is 5.70 Å². The van der Waals surface area contributed by atoms with Gasteiger partial charge in [-0.05, 0) is 26.9 Å². The molecule has 0 N–H and O–H groups in total. The van der Waals surface area contributed by atoms with Gasteiger partial charge in [0, 0.05) is 18.3 Å². The molecule has 0 aromatic rings. The van der Waals surface area contributed by atoms with Gasteiger partial charge in [-0.25, -0.2) is 0 Å². The van der Waals surface area contributed by atoms with Crippen LogP contribution in [0.4, 0.5) is 0 Å². The minimum absolute atomic E-state index is 0.714. The molecule has 0 amide bonds. The van der Waals surface area contributed by atoms with Crippen molar-refractivity contribution in [1.82, 2.24) is 4.90 Å². The van der Waals surface area contributed by atoms with Gasteiger partial charge in [0.2, 0.25) is 0 Å². The summed E-state index contributed by atoms with van der Waals surface area (Å²) in [4.78, 5) is 17.0. The summed E-state index contributed by atoms with van der Waals surface area (Å²) in [7, 11) is 3.97. The summed E-state index contributed by atoms with van der Waals surface area (Å²) in [5.74, 6) is 0. The Balaban J connectivity index is 2.58. The summed E-state index contributed by atoms with van der Waals surface area (Å²) in [6.45, 7) is 0.795. The molecule has 0 atom stereocenters. The van der Waals surface area contributed by atoms with Crippen molar-refractivity contribution in [2.45, 2.75) is 12.8 Å². The molecule has 76 valence electrons. The van der Waals surface area contributed by atoms with Crippen LogP contribution >= 0.6 is 0 Å². The van der Waals surface area contributed by atoms with E-state index in [1.807, 2.05) is 37.4 Å². The number of hydrogen-bond acceptors (Lipinski definition) is 3. The van der Waals surface area contributed by atoms with Crippen LogP contribution in [0.3, 0.4) is 0 Å². The van der Waals surface area contributed by atoms with Crippen LogP contribution in [0.1, 0.15) is 12.8 Å². The molecule has 0 fully saturated rings. The first-order valence-electron chi connectivity index (χ1n) is 4.77. The van der Waals surface area contributed by atoms with Crippen molar-refractivity contribution in [1.29, 1.82) is 0 Å². The molecule has 0 unspecified atom stereocenters. The van der Waals surface area contributed by atoms with Gasteiger partial charge in [-0.15, -0.1) is 0 Å². The highest BCUT2D eigenvalue weighted by atomic mass is 16.1. The molecule has 1 aliphatic rings. The molecule has 0 aromatic heterocycles. The lowest BCUT2D eigenvalue weighted by Crippen LogP contribution is -2.14. The van der Waals surface area contributed by atoms with Crippen molar-refractivity contribution in [2.24, 2.45) is 4.99 Å². The summed E-state index contributed by atoms with van der Waals surface area (Å²) in [6, 6.07) is 0. The smallest absolute Gasteiger partial charge is 0.151 e. The maximum atomic E-state index is 10.7. The van der Waals surface area contributed by atoms with Crippen molar-refractivity contribution < 1.29 is 4.79 Å². The molecule has 3 nitrogen and oxygen atoms in total. The third-order valence-electron chi connectivity index (χ3n) is 1.97. The predicted octanol–water partition coefficient (Wildman–Crippen LogP) is 1.42. The van der Waals surface area contributed by atoms with E-state index in [9.17, 15) is 4.79 Å². The molecule has 0 saturated heterocycles. The van der Waals surface area contributed by atoms with Crippen molar-refractivity contribution in [3.63, 3.8) is 0 Å². The van der Waals surface area contributed by atoms with Gasteiger partial charge in [0.25, 0.3) is 0 Å². The largest absolute Gasteiger partial charge is 0.304 e. The van der Waals surface area contributed by atoms with E-state index in [0.29, 0.717) is 5.57 Å². The number of aldehydes is 1. The first kappa shape index (κ1) is 10.9. The predicted molar refractivity (Wildman–Crippen MR) is 58.5 cm³/mol. The number of hydrogen-bond donors (Lipinski definition) is 0. The van der Waals surface area contributed by atoms with Crippen molar-refractivity contribution in [3.8, 4) is 0 Å². The van der Waals surface area contributed by atoms with Crippen LogP contribution in [0.15, 0.2) is 28.4 Å². The van der Waals surface area contributed by atoms with Gasteiger partial charge < -0.3 is 4.90 Å². The third-order valence-corrected chi connectivity index (χ3v) is 1.97. The lowest BCUT2D eigenvalue weighted by atomic mass is 10.1. The molecule has 0 bridgehead atoms. The van der Waals surface area contributed by atoms with E-state index in [2.05, 4.69) is 4.99 Å². The van der Waals surface area contributed by atoms with Gasteiger partial charge >= 0.3 is 0 Å². The Kier molecular flexibility index (Phi) is 4.26. The quantitative estimate of drug-likeness (QED) is 0.498. The van der Waals surface area contributed by atoms with E-state index >= 15 is 0 Å². The van der Waals surface area contributed by atoms with E-state index in [1.165, 1.54) is 0 Å². The van der Waals surface area contributed by atoms with Crippen LogP contribution in [0.25, 0.3) is 0 Å². The zero-order valence-corrected chi connectivity index (χ0v) is 8.73. The highest BCUT2D eigenvalue weighted by Gasteiger charge is 2.05. The summed E-state index contributed by atoms with van der Waals surface area (Å²) < 4.78 is 0. The minimum atomic E-state index is 0.714. The molecule has 0 spiro atoms. The Morgan fingerprint density at radius 1 is 1.43 bits per heavy atom. The summed E-state index contributed by atoms with van der Waals surface area (Å²) in [6.07, 6.45) is 8.57. The number of carbonyl (C=O) groups is 1. The van der Waals surface area contributed by atoms with E-state index < -0.39 is 0 Å². The average Bonchev–Trinajstić information content (AvgIpc) is 2.18. The summed E-state index contributed by atoms with van der Waals surface area (Å²) in [5.41, 5.74) is 1.53. The van der Waals surface area contributed by atoms with Crippen LogP contribution in [-0.4, -0.2) is 38.0 Å². The Labute approximate surface area is 84.8 Å². The van der Waals surface area contributed by atoms with Gasteiger partial charge in [-0.2, -0.15) is 0 Å². The first-order chi connectivity index (χ1) is 6.74. The number of carbonyl (C=O) groups excluding carboxylic acids is 1. The Morgan fingerprint density at radius 2 is 2.14 bits per heavy atom. The van der Waals surface area contributed by atoms with Gasteiger partial charge in [0.15, 0.2) is 6.29 Å². The van der Waals surface area contributed by atoms with Gasteiger partial charge in [0.1, 0.15) is 0 Å². The van der Waals surface area contributed by atoms with Gasteiger partial charge in [-0.1, -0.05) is 12.2 Å². The average molecular weight is 192 g/mol. The normalized spacial score (nSPS) is 17.1. The molecule has 0 heterocycles. The topological polar surface area (TPSA) is 32.7 Å². The van der Waals surface area contributed by atoms with Crippen LogP contribution in [0.2, 0.25) is 0 Å². The van der Waals surface area contributed by atoms with Crippen molar-refractivity contribution in [3.05, 3.63) is 23.4 Å². The van der Waals surface area contributed by atoms with E-state index in [-0.39, 0.29) is 0 Å². The van der Waals surface area contributed by atoms with E-state index in [0.717, 1.165) is 31.4 Å². The fraction of sp³-hybridized carbons (Fsp3) is 0.455. The Hall–Kier alpha value is -1.22. The molecular formula is C11H16N2O. The number of nitrogens with zero attached hydrogens (tertiary/aromatic N) is 2. The highest BCUT2D eigenvalue weighted by molar-refractivity contribution is 5.81. The van der Waals surface area contributed by atoms with Crippen LogP contribution in [-0.2, 0) is 4.79 Å². The second kappa shape index (κ2) is 5.50. The van der Waals surface area contributed by atoms with Crippen LogP contribution in [0, 0.1) is 0 Å². The lowest BCUT2D eigenvalue weighted by Gasteiger charge is -2.07. The summed E-state index contributed by atoms with van der Waals surface area (Å²) in [5, 5.41) is 0. The minimum Gasteiger partial charge on any atom is -0.304 e. The SMILES string of the molecule is CN(C)C/C=N/C1=CCCC=C1C=O. The fourth-order valence-electron chi connectivity index (χ4n) is 1.22. The lowest BCUT2D eigenvalue weighted by molar-refractivity contribution is -0.104. The molecule has 14 heavy (non-hydrogen) atoms. The molecule has 1 rings (SSSR count). The Morgan fingerprint density at radius 3 is 2.79 bits per heavy atom. The molecule has 0 saturated carbocycles. The number of rotatable bonds is 4. The summed E-state index contributed by atoms with van der Waals surface area (Å²) >= 11 is 0. The zero-order chi connectivity index (χ0) is 10.4. The van der Waals surface area contributed by atoms with Gasteiger partial charge in [-0.3, -0.25) is 9.79 Å². The van der Waals surface area contributed by atoms with Crippen LogP contribution in [0.5, 0.6) is 0 Å².